The molecule has 4 nitrogen and oxygen atoms in total. The lowest BCUT2D eigenvalue weighted by Gasteiger charge is -2.13. The van der Waals surface area contributed by atoms with E-state index in [1.807, 2.05) is 6.07 Å². The lowest BCUT2D eigenvalue weighted by Crippen LogP contribution is -2.22. The molecule has 0 aliphatic heterocycles. The first kappa shape index (κ1) is 13.2. The fourth-order valence-corrected chi connectivity index (χ4v) is 1.71. The molecule has 92 valence electrons. The van der Waals surface area contributed by atoms with Crippen molar-refractivity contribution in [2.75, 3.05) is 6.54 Å². The molecular formula is C12H21NO3. The van der Waals surface area contributed by atoms with E-state index in [0.29, 0.717) is 18.2 Å². The quantitative estimate of drug-likeness (QED) is 0.656. The molecule has 2 atom stereocenters. The van der Waals surface area contributed by atoms with Crippen LogP contribution in [0.3, 0.4) is 0 Å². The number of hydrogen-bond acceptors (Lipinski definition) is 4. The van der Waals surface area contributed by atoms with Crippen LogP contribution in [0, 0.1) is 5.92 Å². The van der Waals surface area contributed by atoms with E-state index in [4.69, 9.17) is 9.52 Å². The summed E-state index contributed by atoms with van der Waals surface area (Å²) in [6, 6.07) is 3.63. The Labute approximate surface area is 96.3 Å². The fourth-order valence-electron chi connectivity index (χ4n) is 1.71. The number of rotatable bonds is 7. The largest absolute Gasteiger partial charge is 0.462 e. The first-order chi connectivity index (χ1) is 7.61. The summed E-state index contributed by atoms with van der Waals surface area (Å²) in [6.45, 7) is 5.35. The van der Waals surface area contributed by atoms with Crippen LogP contribution < -0.4 is 5.32 Å². The maximum Gasteiger partial charge on any atom is 0.129 e. The number of hydrogen-bond donors (Lipinski definition) is 3. The van der Waals surface area contributed by atoms with Crippen molar-refractivity contribution < 1.29 is 14.6 Å². The van der Waals surface area contributed by atoms with Crippen LogP contribution in [0.15, 0.2) is 16.5 Å². The van der Waals surface area contributed by atoms with Gasteiger partial charge in [0.05, 0.1) is 12.6 Å². The highest BCUT2D eigenvalue weighted by Gasteiger charge is 2.06. The van der Waals surface area contributed by atoms with Crippen LogP contribution in [-0.4, -0.2) is 22.9 Å². The van der Waals surface area contributed by atoms with Gasteiger partial charge in [0.25, 0.3) is 0 Å². The second-order valence-electron chi connectivity index (χ2n) is 4.35. The van der Waals surface area contributed by atoms with Gasteiger partial charge in [0, 0.05) is 0 Å². The van der Waals surface area contributed by atoms with Crippen molar-refractivity contribution in [2.24, 2.45) is 5.92 Å². The fraction of sp³-hybridized carbons (Fsp3) is 0.667. The van der Waals surface area contributed by atoms with Gasteiger partial charge < -0.3 is 19.9 Å². The van der Waals surface area contributed by atoms with Crippen molar-refractivity contribution in [1.29, 1.82) is 0 Å². The Bertz CT molecular complexity index is 296. The summed E-state index contributed by atoms with van der Waals surface area (Å²) in [7, 11) is 0. The summed E-state index contributed by atoms with van der Waals surface area (Å²) in [5.41, 5.74) is 0. The monoisotopic (exact) mass is 227 g/mol. The van der Waals surface area contributed by atoms with Gasteiger partial charge in [-0.25, -0.2) is 0 Å². The second kappa shape index (κ2) is 6.68. The molecule has 0 radical (unpaired) electrons. The minimum Gasteiger partial charge on any atom is -0.462 e. The Kier molecular flexibility index (Phi) is 5.52. The summed E-state index contributed by atoms with van der Waals surface area (Å²) in [5.74, 6) is 1.86. The van der Waals surface area contributed by atoms with Crippen LogP contribution in [0.25, 0.3) is 0 Å². The van der Waals surface area contributed by atoms with Gasteiger partial charge in [-0.3, -0.25) is 0 Å². The highest BCUT2D eigenvalue weighted by Crippen LogP contribution is 2.08. The van der Waals surface area contributed by atoms with E-state index in [9.17, 15) is 5.11 Å². The third kappa shape index (κ3) is 4.79. The van der Waals surface area contributed by atoms with Gasteiger partial charge in [-0.2, -0.15) is 0 Å². The summed E-state index contributed by atoms with van der Waals surface area (Å²) in [5, 5.41) is 21.3. The van der Waals surface area contributed by atoms with Crippen LogP contribution >= 0.6 is 0 Å². The average molecular weight is 227 g/mol. The van der Waals surface area contributed by atoms with Crippen LogP contribution in [0.4, 0.5) is 0 Å². The highest BCUT2D eigenvalue weighted by atomic mass is 16.4. The number of furan rings is 1. The molecule has 0 aliphatic carbocycles. The second-order valence-corrected chi connectivity index (χ2v) is 4.35. The Balaban J connectivity index is 2.19. The zero-order valence-electron chi connectivity index (χ0n) is 9.94. The lowest BCUT2D eigenvalue weighted by molar-refractivity contribution is 0.163. The maximum atomic E-state index is 9.20. The maximum absolute atomic E-state index is 9.20. The summed E-state index contributed by atoms with van der Waals surface area (Å²) < 4.78 is 5.33. The van der Waals surface area contributed by atoms with Gasteiger partial charge in [0.1, 0.15) is 18.1 Å². The third-order valence-corrected chi connectivity index (χ3v) is 2.41. The Morgan fingerprint density at radius 2 is 2.00 bits per heavy atom. The summed E-state index contributed by atoms with van der Waals surface area (Å²) >= 11 is 0. The standard InChI is InChI=1S/C12H21NO3/c1-9(5-10(2)15)6-13-7-11-3-4-12(8-14)16-11/h3-4,9-10,13-15H,5-8H2,1-2H3. The predicted molar refractivity (Wildman–Crippen MR) is 61.8 cm³/mol. The normalized spacial score (nSPS) is 15.0. The smallest absolute Gasteiger partial charge is 0.129 e. The van der Waals surface area contributed by atoms with Crippen molar-refractivity contribution in [2.45, 2.75) is 39.5 Å². The molecule has 1 rings (SSSR count). The van der Waals surface area contributed by atoms with E-state index in [-0.39, 0.29) is 12.7 Å². The molecule has 4 heteroatoms. The van der Waals surface area contributed by atoms with Gasteiger partial charge in [0.2, 0.25) is 0 Å². The first-order valence-electron chi connectivity index (χ1n) is 5.69. The minimum absolute atomic E-state index is 0.0571. The van der Waals surface area contributed by atoms with E-state index in [0.717, 1.165) is 18.7 Å². The predicted octanol–water partition coefficient (Wildman–Crippen LogP) is 1.27. The molecule has 0 aromatic carbocycles. The van der Waals surface area contributed by atoms with Gasteiger partial charge >= 0.3 is 0 Å². The molecule has 0 bridgehead atoms. The molecule has 0 aliphatic rings. The zero-order valence-corrected chi connectivity index (χ0v) is 9.94. The minimum atomic E-state index is -0.249. The van der Waals surface area contributed by atoms with Gasteiger partial charge in [0.15, 0.2) is 0 Å². The summed E-state index contributed by atoms with van der Waals surface area (Å²) in [6.07, 6.45) is 0.550. The molecule has 1 heterocycles. The third-order valence-electron chi connectivity index (χ3n) is 2.41. The Morgan fingerprint density at radius 3 is 2.56 bits per heavy atom. The van der Waals surface area contributed by atoms with Gasteiger partial charge in [-0.1, -0.05) is 6.92 Å². The number of aliphatic hydroxyl groups excluding tert-OH is 2. The Hall–Kier alpha value is -0.840. The SMILES string of the molecule is CC(O)CC(C)CNCc1ccc(CO)o1. The number of aliphatic hydroxyl groups is 2. The molecule has 0 fully saturated rings. The van der Waals surface area contributed by atoms with E-state index >= 15 is 0 Å². The molecule has 0 saturated carbocycles. The van der Waals surface area contributed by atoms with Crippen molar-refractivity contribution >= 4 is 0 Å². The van der Waals surface area contributed by atoms with Crippen molar-refractivity contribution in [3.63, 3.8) is 0 Å². The van der Waals surface area contributed by atoms with Crippen LogP contribution in [0.1, 0.15) is 31.8 Å². The molecule has 1 aromatic heterocycles. The number of nitrogens with one attached hydrogen (secondary N) is 1. The summed E-state index contributed by atoms with van der Waals surface area (Å²) in [4.78, 5) is 0. The molecule has 2 unspecified atom stereocenters. The zero-order chi connectivity index (χ0) is 12.0. The first-order valence-corrected chi connectivity index (χ1v) is 5.69. The molecule has 3 N–H and O–H groups in total. The van der Waals surface area contributed by atoms with Crippen LogP contribution in [0.2, 0.25) is 0 Å². The van der Waals surface area contributed by atoms with Crippen LogP contribution in [0.5, 0.6) is 0 Å². The Morgan fingerprint density at radius 1 is 1.31 bits per heavy atom. The van der Waals surface area contributed by atoms with Crippen LogP contribution in [-0.2, 0) is 13.2 Å². The molecule has 0 amide bonds. The molecular weight excluding hydrogens is 206 g/mol. The lowest BCUT2D eigenvalue weighted by atomic mass is 10.1. The van der Waals surface area contributed by atoms with E-state index < -0.39 is 0 Å². The van der Waals surface area contributed by atoms with Gasteiger partial charge in [-0.15, -0.1) is 0 Å². The average Bonchev–Trinajstić information content (AvgIpc) is 2.64. The van der Waals surface area contributed by atoms with Crippen molar-refractivity contribution in [3.05, 3.63) is 23.7 Å². The van der Waals surface area contributed by atoms with E-state index in [2.05, 4.69) is 12.2 Å². The van der Waals surface area contributed by atoms with E-state index in [1.165, 1.54) is 0 Å². The molecule has 0 spiro atoms. The molecule has 1 aromatic rings. The van der Waals surface area contributed by atoms with Gasteiger partial charge in [-0.05, 0) is 37.9 Å². The molecule has 0 saturated heterocycles. The topological polar surface area (TPSA) is 65.6 Å². The van der Waals surface area contributed by atoms with E-state index in [1.54, 1.807) is 13.0 Å². The molecule has 16 heavy (non-hydrogen) atoms. The highest BCUT2D eigenvalue weighted by molar-refractivity contribution is 5.05. The van der Waals surface area contributed by atoms with Crippen molar-refractivity contribution in [1.82, 2.24) is 5.32 Å². The van der Waals surface area contributed by atoms with Crippen molar-refractivity contribution in [3.8, 4) is 0 Å².